The van der Waals surface area contributed by atoms with Crippen LogP contribution < -0.4 is 11.5 Å². The molecule has 0 radical (unpaired) electrons. The van der Waals surface area contributed by atoms with Crippen LogP contribution in [-0.2, 0) is 45.0 Å². The third-order valence-electron chi connectivity index (χ3n) is 2.86. The summed E-state index contributed by atoms with van der Waals surface area (Å²) < 4.78 is 0. The SMILES string of the molecule is NC(CC(=O)O)(CC(=O)O)C(N)(CC(=O)O)CC(=O)O.[Hf]. The minimum Gasteiger partial charge on any atom is -0.481 e. The molecule has 0 spiro atoms. The topological polar surface area (TPSA) is 201 Å². The number of rotatable bonds is 9. The van der Waals surface area contributed by atoms with E-state index in [1.165, 1.54) is 0 Å². The van der Waals surface area contributed by atoms with Gasteiger partial charge in [0.1, 0.15) is 0 Å². The predicted octanol–water partition coefficient (Wildman–Crippen LogP) is -1.72. The van der Waals surface area contributed by atoms with Crippen LogP contribution in [0.3, 0.4) is 0 Å². The van der Waals surface area contributed by atoms with Crippen molar-refractivity contribution in [2.24, 2.45) is 11.5 Å². The van der Waals surface area contributed by atoms with Crippen molar-refractivity contribution in [2.45, 2.75) is 36.8 Å². The summed E-state index contributed by atoms with van der Waals surface area (Å²) in [4.78, 5) is 43.2. The molecule has 0 aliphatic carbocycles. The molecule has 0 aromatic rings. The van der Waals surface area contributed by atoms with Crippen LogP contribution in [0.25, 0.3) is 0 Å². The van der Waals surface area contributed by atoms with Gasteiger partial charge in [-0.2, -0.15) is 0 Å². The number of nitrogens with two attached hydrogens (primary N) is 2. The molecule has 8 N–H and O–H groups in total. The van der Waals surface area contributed by atoms with Crippen molar-refractivity contribution in [3.8, 4) is 0 Å². The Hall–Kier alpha value is -1.33. The fourth-order valence-electron chi connectivity index (χ4n) is 1.91. The van der Waals surface area contributed by atoms with E-state index < -0.39 is 60.6 Å². The molecule has 118 valence electrons. The Morgan fingerprint density at radius 1 is 0.619 bits per heavy atom. The molecule has 0 aliphatic heterocycles. The molecule has 0 bridgehead atoms. The zero-order valence-electron chi connectivity index (χ0n) is 10.9. The Morgan fingerprint density at radius 2 is 0.762 bits per heavy atom. The number of carboxylic acids is 4. The molecular formula is C10H16HfN2O8. The van der Waals surface area contributed by atoms with Crippen molar-refractivity contribution in [3.05, 3.63) is 0 Å². The Morgan fingerprint density at radius 3 is 0.857 bits per heavy atom. The minimum absolute atomic E-state index is 0. The first kappa shape index (κ1) is 22.0. The molecule has 0 saturated carbocycles. The standard InChI is InChI=1S/C10H16N2O8.Hf/c11-9(1-5(13)14,2-6(15)16)10(12,3-7(17)18)4-8(19)20;/h1-4,11-12H2,(H,13,14)(H,15,16)(H,17,18)(H,19,20);. The fourth-order valence-corrected chi connectivity index (χ4v) is 1.91. The van der Waals surface area contributed by atoms with Gasteiger partial charge < -0.3 is 31.9 Å². The van der Waals surface area contributed by atoms with Crippen LogP contribution in [-0.4, -0.2) is 55.4 Å². The van der Waals surface area contributed by atoms with Gasteiger partial charge in [0.25, 0.3) is 0 Å². The van der Waals surface area contributed by atoms with Gasteiger partial charge in [-0.1, -0.05) is 0 Å². The minimum atomic E-state index is -2.22. The molecule has 0 atom stereocenters. The zero-order valence-corrected chi connectivity index (χ0v) is 14.5. The van der Waals surface area contributed by atoms with Gasteiger partial charge >= 0.3 is 23.9 Å². The Bertz CT molecular complexity index is 367. The van der Waals surface area contributed by atoms with Crippen LogP contribution in [0.1, 0.15) is 25.7 Å². The molecule has 0 amide bonds. The molecular weight excluding hydrogens is 455 g/mol. The predicted molar refractivity (Wildman–Crippen MR) is 62.8 cm³/mol. The van der Waals surface area contributed by atoms with Crippen molar-refractivity contribution in [1.29, 1.82) is 0 Å². The van der Waals surface area contributed by atoms with Gasteiger partial charge in [-0.05, 0) is 0 Å². The second-order valence-electron chi connectivity index (χ2n) is 4.59. The number of carbonyl (C=O) groups is 4. The van der Waals surface area contributed by atoms with Crippen LogP contribution in [0.4, 0.5) is 0 Å². The van der Waals surface area contributed by atoms with Gasteiger partial charge in [0.2, 0.25) is 0 Å². The van der Waals surface area contributed by atoms with E-state index in [-0.39, 0.29) is 25.8 Å². The number of aliphatic carboxylic acids is 4. The van der Waals surface area contributed by atoms with Crippen LogP contribution in [0, 0.1) is 0 Å². The van der Waals surface area contributed by atoms with Crippen molar-refractivity contribution in [3.63, 3.8) is 0 Å². The molecule has 11 heteroatoms. The van der Waals surface area contributed by atoms with E-state index in [4.69, 9.17) is 31.9 Å². The summed E-state index contributed by atoms with van der Waals surface area (Å²) in [5.74, 6) is -6.06. The van der Waals surface area contributed by atoms with Crippen LogP contribution in [0.5, 0.6) is 0 Å². The third-order valence-corrected chi connectivity index (χ3v) is 2.86. The largest absolute Gasteiger partial charge is 0.481 e. The number of carboxylic acid groups (broad SMARTS) is 4. The van der Waals surface area contributed by atoms with Crippen molar-refractivity contribution < 1.29 is 65.4 Å². The Labute approximate surface area is 137 Å². The van der Waals surface area contributed by atoms with E-state index in [9.17, 15) is 19.2 Å². The molecule has 0 rings (SSSR count). The van der Waals surface area contributed by atoms with Gasteiger partial charge in [0.05, 0.1) is 36.8 Å². The molecule has 10 nitrogen and oxygen atoms in total. The summed E-state index contributed by atoms with van der Waals surface area (Å²) in [5.41, 5.74) is 6.88. The van der Waals surface area contributed by atoms with E-state index in [2.05, 4.69) is 0 Å². The summed E-state index contributed by atoms with van der Waals surface area (Å²) >= 11 is 0. The molecule has 0 aliphatic rings. The van der Waals surface area contributed by atoms with Gasteiger partial charge in [-0.15, -0.1) is 0 Å². The van der Waals surface area contributed by atoms with E-state index in [0.717, 1.165) is 0 Å². The molecule has 0 aromatic carbocycles. The average molecular weight is 471 g/mol. The molecule has 0 saturated heterocycles. The Balaban J connectivity index is 0. The van der Waals surface area contributed by atoms with Crippen LogP contribution >= 0.6 is 0 Å². The van der Waals surface area contributed by atoms with Crippen LogP contribution in [0.15, 0.2) is 0 Å². The summed E-state index contributed by atoms with van der Waals surface area (Å²) in [6, 6.07) is 0. The van der Waals surface area contributed by atoms with Crippen molar-refractivity contribution in [1.82, 2.24) is 0 Å². The molecule has 0 heterocycles. The summed E-state index contributed by atoms with van der Waals surface area (Å²) in [7, 11) is 0. The smallest absolute Gasteiger partial charge is 0.305 e. The first-order chi connectivity index (χ1) is 8.92. The third kappa shape index (κ3) is 6.78. The second kappa shape index (κ2) is 8.20. The van der Waals surface area contributed by atoms with E-state index in [0.29, 0.717) is 0 Å². The van der Waals surface area contributed by atoms with Crippen molar-refractivity contribution >= 4 is 23.9 Å². The van der Waals surface area contributed by atoms with E-state index in [1.54, 1.807) is 0 Å². The molecule has 0 aromatic heterocycles. The zero-order chi connectivity index (χ0) is 16.1. The summed E-state index contributed by atoms with van der Waals surface area (Å²) in [6.45, 7) is 0. The Kier molecular flexibility index (Phi) is 8.57. The van der Waals surface area contributed by atoms with E-state index >= 15 is 0 Å². The maximum absolute atomic E-state index is 10.8. The summed E-state index contributed by atoms with van der Waals surface area (Å²) in [6.07, 6.45) is -3.90. The molecule has 21 heavy (non-hydrogen) atoms. The van der Waals surface area contributed by atoms with E-state index in [1.807, 2.05) is 0 Å². The van der Waals surface area contributed by atoms with Gasteiger partial charge in [-0.3, -0.25) is 19.2 Å². The first-order valence-electron chi connectivity index (χ1n) is 5.37. The quantitative estimate of drug-likeness (QED) is 0.210. The van der Waals surface area contributed by atoms with Crippen molar-refractivity contribution in [2.75, 3.05) is 0 Å². The van der Waals surface area contributed by atoms with Gasteiger partial charge in [0, 0.05) is 25.8 Å². The number of hydrogen-bond acceptors (Lipinski definition) is 6. The van der Waals surface area contributed by atoms with Gasteiger partial charge in [0.15, 0.2) is 0 Å². The normalized spacial score (nSPS) is 11.3. The fraction of sp³-hybridized carbons (Fsp3) is 0.600. The first-order valence-corrected chi connectivity index (χ1v) is 5.37. The number of hydrogen-bond donors (Lipinski definition) is 6. The average Bonchev–Trinajstić information content (AvgIpc) is 2.10. The molecule has 0 fully saturated rings. The summed E-state index contributed by atoms with van der Waals surface area (Å²) in [5, 5.41) is 35.1. The second-order valence-corrected chi connectivity index (χ2v) is 4.59. The maximum Gasteiger partial charge on any atom is 0.305 e. The maximum atomic E-state index is 10.8. The monoisotopic (exact) mass is 472 g/mol. The van der Waals surface area contributed by atoms with Gasteiger partial charge in [-0.25, -0.2) is 0 Å². The molecule has 0 unspecified atom stereocenters. The van der Waals surface area contributed by atoms with Crippen LogP contribution in [0.2, 0.25) is 0 Å².